The first-order valence-corrected chi connectivity index (χ1v) is 12.6. The highest BCUT2D eigenvalue weighted by Gasteiger charge is 2.35. The molecule has 35 heavy (non-hydrogen) atoms. The van der Waals surface area contributed by atoms with Gasteiger partial charge in [0, 0.05) is 48.8 Å². The van der Waals surface area contributed by atoms with Crippen LogP contribution < -0.4 is 15.1 Å². The van der Waals surface area contributed by atoms with Gasteiger partial charge in [0.25, 0.3) is 5.91 Å². The molecule has 180 valence electrons. The molecule has 2 bridgehead atoms. The molecule has 1 amide bonds. The first-order valence-electron chi connectivity index (χ1n) is 12.6. The van der Waals surface area contributed by atoms with Gasteiger partial charge in [-0.3, -0.25) is 4.79 Å². The average molecular weight is 472 g/mol. The van der Waals surface area contributed by atoms with Crippen molar-refractivity contribution in [1.29, 1.82) is 0 Å². The Bertz CT molecular complexity index is 1320. The van der Waals surface area contributed by atoms with Crippen molar-refractivity contribution in [2.24, 2.45) is 0 Å². The minimum absolute atomic E-state index is 0.0198. The van der Waals surface area contributed by atoms with Gasteiger partial charge in [-0.15, -0.1) is 0 Å². The van der Waals surface area contributed by atoms with Gasteiger partial charge in [0.1, 0.15) is 5.82 Å². The molecular weight excluding hydrogens is 442 g/mol. The first-order chi connectivity index (χ1) is 17.1. The zero-order chi connectivity index (χ0) is 23.5. The lowest BCUT2D eigenvalue weighted by Crippen LogP contribution is -2.45. The lowest BCUT2D eigenvalue weighted by molar-refractivity contribution is 0.0306. The third-order valence-corrected chi connectivity index (χ3v) is 7.77. The Morgan fingerprint density at radius 1 is 1.06 bits per heavy atom. The average Bonchev–Trinajstić information content (AvgIpc) is 3.43. The van der Waals surface area contributed by atoms with Crippen molar-refractivity contribution in [3.05, 3.63) is 47.5 Å². The second kappa shape index (κ2) is 8.17. The summed E-state index contributed by atoms with van der Waals surface area (Å²) in [7, 11) is 0. The number of benzene rings is 1. The molecule has 3 saturated heterocycles. The highest BCUT2D eigenvalue weighted by Crippen LogP contribution is 2.36. The van der Waals surface area contributed by atoms with E-state index in [0.717, 1.165) is 71.7 Å². The quantitative estimate of drug-likeness (QED) is 0.629. The number of hydrogen-bond donors (Lipinski definition) is 1. The number of carbonyl (C=O) groups is 1. The van der Waals surface area contributed by atoms with Gasteiger partial charge in [0.2, 0.25) is 0 Å². The highest BCUT2D eigenvalue weighted by atomic mass is 16.5. The fraction of sp³-hybridized carbons (Fsp3) is 0.444. The summed E-state index contributed by atoms with van der Waals surface area (Å²) < 4.78 is 11.8. The summed E-state index contributed by atoms with van der Waals surface area (Å²) >= 11 is 0. The van der Waals surface area contributed by atoms with Crippen molar-refractivity contribution < 1.29 is 14.3 Å². The molecular formula is C27H29N5O3. The third kappa shape index (κ3) is 3.63. The first kappa shape index (κ1) is 21.1. The molecule has 4 aliphatic heterocycles. The lowest BCUT2D eigenvalue weighted by Gasteiger charge is -2.37. The van der Waals surface area contributed by atoms with Crippen LogP contribution in [0.2, 0.25) is 0 Å². The number of morpholine rings is 2. The van der Waals surface area contributed by atoms with Gasteiger partial charge in [-0.05, 0) is 43.5 Å². The molecule has 0 aliphatic carbocycles. The number of rotatable bonds is 3. The predicted molar refractivity (Wildman–Crippen MR) is 134 cm³/mol. The Kier molecular flexibility index (Phi) is 4.92. The van der Waals surface area contributed by atoms with E-state index in [1.807, 2.05) is 24.3 Å². The van der Waals surface area contributed by atoms with E-state index in [9.17, 15) is 4.79 Å². The van der Waals surface area contributed by atoms with E-state index in [0.29, 0.717) is 32.0 Å². The van der Waals surface area contributed by atoms with Crippen LogP contribution in [0.4, 0.5) is 11.5 Å². The highest BCUT2D eigenvalue weighted by molar-refractivity contribution is 5.99. The maximum absolute atomic E-state index is 12.2. The summed E-state index contributed by atoms with van der Waals surface area (Å²) in [6, 6.07) is 12.7. The summed E-state index contributed by atoms with van der Waals surface area (Å²) in [6.45, 7) is 6.78. The zero-order valence-corrected chi connectivity index (χ0v) is 19.9. The molecule has 1 aromatic carbocycles. The third-order valence-electron chi connectivity index (χ3n) is 7.77. The minimum atomic E-state index is -0.0198. The van der Waals surface area contributed by atoms with Crippen molar-refractivity contribution in [3.63, 3.8) is 0 Å². The SMILES string of the molecule is CC1COCCN1c1cc(N2CC3CCC(C2)O3)c2ccc(-c3ccc4c(c3)C(=O)NC4)nc2n1. The Morgan fingerprint density at radius 2 is 1.91 bits per heavy atom. The van der Waals surface area contributed by atoms with Crippen LogP contribution in [0.25, 0.3) is 22.3 Å². The summed E-state index contributed by atoms with van der Waals surface area (Å²) in [5.74, 6) is 0.925. The smallest absolute Gasteiger partial charge is 0.251 e. The van der Waals surface area contributed by atoms with E-state index in [1.165, 1.54) is 5.69 Å². The van der Waals surface area contributed by atoms with E-state index < -0.39 is 0 Å². The monoisotopic (exact) mass is 471 g/mol. The topological polar surface area (TPSA) is 79.8 Å². The van der Waals surface area contributed by atoms with Gasteiger partial charge >= 0.3 is 0 Å². The standard InChI is InChI=1S/C27H29N5O3/c1-16-15-34-9-8-32(16)25-11-24(31-13-19-4-5-20(14-31)35-19)21-6-7-23(29-26(21)30-25)17-2-3-18-12-28-27(33)22(18)10-17/h2-3,6-7,10-11,16,19-20H,4-5,8-9,12-15H2,1H3,(H,28,33). The predicted octanol–water partition coefficient (Wildman–Crippen LogP) is 3.13. The van der Waals surface area contributed by atoms with Crippen LogP contribution in [-0.2, 0) is 16.0 Å². The Balaban J connectivity index is 1.34. The number of nitrogens with one attached hydrogen (secondary N) is 1. The molecule has 3 fully saturated rings. The van der Waals surface area contributed by atoms with Crippen molar-refractivity contribution in [2.45, 2.75) is 44.6 Å². The van der Waals surface area contributed by atoms with Gasteiger partial charge < -0.3 is 24.6 Å². The second-order valence-electron chi connectivity index (χ2n) is 10.1. The van der Waals surface area contributed by atoms with Crippen LogP contribution in [0.3, 0.4) is 0 Å². The van der Waals surface area contributed by atoms with Crippen LogP contribution in [0.15, 0.2) is 36.4 Å². The number of ether oxygens (including phenoxy) is 2. The molecule has 8 nitrogen and oxygen atoms in total. The molecule has 3 unspecified atom stereocenters. The minimum Gasteiger partial charge on any atom is -0.377 e. The number of carbonyl (C=O) groups excluding carboxylic acids is 1. The molecule has 0 spiro atoms. The Morgan fingerprint density at radius 3 is 2.74 bits per heavy atom. The normalized spacial score (nSPS) is 25.7. The van der Waals surface area contributed by atoms with Crippen LogP contribution in [0, 0.1) is 0 Å². The number of aromatic nitrogens is 2. The van der Waals surface area contributed by atoms with Crippen LogP contribution in [0.5, 0.6) is 0 Å². The van der Waals surface area contributed by atoms with E-state index in [1.54, 1.807) is 0 Å². The molecule has 4 aliphatic rings. The van der Waals surface area contributed by atoms with Crippen LogP contribution in [0.1, 0.15) is 35.7 Å². The van der Waals surface area contributed by atoms with Gasteiger partial charge in [-0.1, -0.05) is 12.1 Å². The van der Waals surface area contributed by atoms with Crippen molar-refractivity contribution in [1.82, 2.24) is 15.3 Å². The van der Waals surface area contributed by atoms with Crippen molar-refractivity contribution in [3.8, 4) is 11.3 Å². The summed E-state index contributed by atoms with van der Waals surface area (Å²) in [5, 5.41) is 3.95. The second-order valence-corrected chi connectivity index (χ2v) is 10.1. The van der Waals surface area contributed by atoms with E-state index >= 15 is 0 Å². The maximum Gasteiger partial charge on any atom is 0.251 e. The summed E-state index contributed by atoms with van der Waals surface area (Å²) in [6.07, 6.45) is 2.86. The fourth-order valence-corrected chi connectivity index (χ4v) is 5.89. The van der Waals surface area contributed by atoms with Crippen LogP contribution in [-0.4, -0.2) is 67.0 Å². The Labute approximate surface area is 204 Å². The molecule has 6 heterocycles. The molecule has 3 atom stereocenters. The van der Waals surface area contributed by atoms with E-state index in [2.05, 4.69) is 34.2 Å². The molecule has 2 aromatic heterocycles. The molecule has 7 rings (SSSR count). The number of pyridine rings is 2. The summed E-state index contributed by atoms with van der Waals surface area (Å²) in [4.78, 5) is 27.1. The van der Waals surface area contributed by atoms with Gasteiger partial charge in [0.05, 0.1) is 42.8 Å². The molecule has 1 N–H and O–H groups in total. The number of hydrogen-bond acceptors (Lipinski definition) is 7. The largest absolute Gasteiger partial charge is 0.377 e. The number of anilines is 2. The maximum atomic E-state index is 12.2. The molecule has 0 radical (unpaired) electrons. The number of nitrogens with zero attached hydrogens (tertiary/aromatic N) is 4. The lowest BCUT2D eigenvalue weighted by atomic mass is 10.0. The van der Waals surface area contributed by atoms with Gasteiger partial charge in [0.15, 0.2) is 5.65 Å². The van der Waals surface area contributed by atoms with Crippen molar-refractivity contribution >= 4 is 28.4 Å². The van der Waals surface area contributed by atoms with E-state index in [-0.39, 0.29) is 11.9 Å². The Hall–Kier alpha value is -3.23. The summed E-state index contributed by atoms with van der Waals surface area (Å²) in [5.41, 5.74) is 5.44. The molecule has 3 aromatic rings. The van der Waals surface area contributed by atoms with Gasteiger partial charge in [-0.2, -0.15) is 0 Å². The van der Waals surface area contributed by atoms with Crippen LogP contribution >= 0.6 is 0 Å². The molecule has 8 heteroatoms. The number of fused-ring (bicyclic) bond motifs is 4. The zero-order valence-electron chi connectivity index (χ0n) is 19.9. The number of amides is 1. The molecule has 0 saturated carbocycles. The van der Waals surface area contributed by atoms with Crippen molar-refractivity contribution in [2.75, 3.05) is 42.6 Å². The fourth-order valence-electron chi connectivity index (χ4n) is 5.89. The van der Waals surface area contributed by atoms with Gasteiger partial charge in [-0.25, -0.2) is 9.97 Å². The van der Waals surface area contributed by atoms with E-state index in [4.69, 9.17) is 19.4 Å².